The number of aliphatic hydroxyl groups excluding tert-OH is 1. The van der Waals surface area contributed by atoms with Gasteiger partial charge in [-0.2, -0.15) is 5.26 Å². The van der Waals surface area contributed by atoms with E-state index in [0.717, 1.165) is 0 Å². The first kappa shape index (κ1) is 15.0. The van der Waals surface area contributed by atoms with Crippen LogP contribution in [-0.4, -0.2) is 26.9 Å². The van der Waals surface area contributed by atoms with E-state index in [0.29, 0.717) is 9.14 Å². The second-order valence-electron chi connectivity index (χ2n) is 4.46. The van der Waals surface area contributed by atoms with Crippen LogP contribution in [0.4, 0.5) is 0 Å². The van der Waals surface area contributed by atoms with Gasteiger partial charge in [-0.3, -0.25) is 14.3 Å². The molecule has 0 aliphatic carbocycles. The molecular weight excluding hydrogens is 377 g/mol. The lowest BCUT2D eigenvalue weighted by molar-refractivity contribution is 0.00471. The van der Waals surface area contributed by atoms with Gasteiger partial charge in [0, 0.05) is 18.2 Å². The molecule has 1 aromatic heterocycles. The number of aromatic nitrogens is 2. The fraction of sp³-hybridized carbons (Fsp3) is 0.417. The molecule has 3 atom stereocenters. The molecule has 2 heterocycles. The summed E-state index contributed by atoms with van der Waals surface area (Å²) in [6.45, 7) is 1.58. The van der Waals surface area contributed by atoms with E-state index in [1.807, 2.05) is 28.7 Å². The van der Waals surface area contributed by atoms with E-state index < -0.39 is 29.7 Å². The number of ether oxygens (including phenoxy) is 1. The molecule has 0 spiro atoms. The van der Waals surface area contributed by atoms with Crippen molar-refractivity contribution in [3.63, 3.8) is 0 Å². The van der Waals surface area contributed by atoms with Gasteiger partial charge in [-0.05, 0) is 35.6 Å². The molecule has 1 saturated heterocycles. The lowest BCUT2D eigenvalue weighted by Gasteiger charge is -2.14. The first-order valence-corrected chi connectivity index (χ1v) is 6.93. The maximum Gasteiger partial charge on any atom is 0.330 e. The first-order chi connectivity index (χ1) is 9.42. The van der Waals surface area contributed by atoms with Gasteiger partial charge < -0.3 is 9.84 Å². The fourth-order valence-corrected chi connectivity index (χ4v) is 2.33. The number of H-pyrrole nitrogens is 1. The lowest BCUT2D eigenvalue weighted by Crippen LogP contribution is -2.33. The van der Waals surface area contributed by atoms with Crippen LogP contribution in [0.2, 0.25) is 0 Å². The lowest BCUT2D eigenvalue weighted by atomic mass is 10.1. The number of hydrogen-bond acceptors (Lipinski definition) is 5. The van der Waals surface area contributed by atoms with E-state index in [1.54, 1.807) is 6.92 Å². The van der Waals surface area contributed by atoms with Gasteiger partial charge in [0.25, 0.3) is 5.56 Å². The molecule has 20 heavy (non-hydrogen) atoms. The van der Waals surface area contributed by atoms with Gasteiger partial charge in [0.1, 0.15) is 18.4 Å². The Kier molecular flexibility index (Phi) is 4.42. The predicted octanol–water partition coefficient (Wildman–Crippen LogP) is 0.336. The summed E-state index contributed by atoms with van der Waals surface area (Å²) in [5.74, 6) is 0. The van der Waals surface area contributed by atoms with E-state index in [9.17, 15) is 14.7 Å². The van der Waals surface area contributed by atoms with Crippen LogP contribution in [0, 0.1) is 18.3 Å². The monoisotopic (exact) mass is 389 g/mol. The topological polar surface area (TPSA) is 108 Å². The molecule has 0 amide bonds. The summed E-state index contributed by atoms with van der Waals surface area (Å²) in [4.78, 5) is 25.2. The number of hydrogen-bond donors (Lipinski definition) is 2. The van der Waals surface area contributed by atoms with Gasteiger partial charge in [-0.1, -0.05) is 0 Å². The molecule has 0 aromatic carbocycles. The third kappa shape index (κ3) is 3.00. The Hall–Kier alpha value is -1.44. The van der Waals surface area contributed by atoms with Crippen molar-refractivity contribution in [2.75, 3.05) is 0 Å². The molecule has 1 aliphatic rings. The number of rotatable bonds is 2. The number of nitrogens with one attached hydrogen (secondary N) is 1. The van der Waals surface area contributed by atoms with Crippen molar-refractivity contribution >= 4 is 22.6 Å². The molecule has 0 saturated carbocycles. The summed E-state index contributed by atoms with van der Waals surface area (Å²) in [5.41, 5.74) is -0.647. The Bertz CT molecular complexity index is 700. The summed E-state index contributed by atoms with van der Waals surface area (Å²) in [6.07, 6.45) is 0.997. The van der Waals surface area contributed by atoms with Crippen molar-refractivity contribution in [2.45, 2.75) is 31.8 Å². The average molecular weight is 389 g/mol. The molecule has 106 valence electrons. The summed E-state index contributed by atoms with van der Waals surface area (Å²) < 4.78 is 7.21. The van der Waals surface area contributed by atoms with Crippen LogP contribution < -0.4 is 11.2 Å². The Labute approximate surface area is 127 Å². The summed E-state index contributed by atoms with van der Waals surface area (Å²) in [7, 11) is 0. The number of aromatic amines is 1. The highest BCUT2D eigenvalue weighted by atomic mass is 127. The number of halogens is 1. The van der Waals surface area contributed by atoms with Gasteiger partial charge >= 0.3 is 5.69 Å². The highest BCUT2D eigenvalue weighted by molar-refractivity contribution is 14.1. The second kappa shape index (κ2) is 5.90. The number of aryl methyl sites for hydroxylation is 1. The van der Waals surface area contributed by atoms with Crippen LogP contribution in [0.25, 0.3) is 0 Å². The van der Waals surface area contributed by atoms with E-state index >= 15 is 0 Å². The number of aliphatic hydroxyl groups is 1. The maximum absolute atomic E-state index is 11.7. The first-order valence-electron chi connectivity index (χ1n) is 5.85. The van der Waals surface area contributed by atoms with E-state index in [1.165, 1.54) is 16.8 Å². The standard InChI is InChI=1S/C12H12IN3O4/c1-6-5-16(12(19)15-11(6)18)10-3-8(17)9(20-10)2-7(13)4-14/h2,5,8-10,17H,3H2,1H3,(H,15,18,19)/b7-2+/t8-,9+,10+/m0/s1. The number of nitriles is 1. The molecule has 0 unspecified atom stereocenters. The summed E-state index contributed by atoms with van der Waals surface area (Å²) in [5, 5.41) is 18.6. The van der Waals surface area contributed by atoms with Crippen molar-refractivity contribution in [1.82, 2.24) is 9.55 Å². The van der Waals surface area contributed by atoms with Crippen LogP contribution in [0.5, 0.6) is 0 Å². The molecule has 2 N–H and O–H groups in total. The van der Waals surface area contributed by atoms with Gasteiger partial charge in [-0.15, -0.1) is 0 Å². The maximum atomic E-state index is 11.7. The highest BCUT2D eigenvalue weighted by Gasteiger charge is 2.34. The number of allylic oxidation sites excluding steroid dienone is 1. The zero-order valence-electron chi connectivity index (χ0n) is 10.5. The van der Waals surface area contributed by atoms with Crippen molar-refractivity contribution in [1.29, 1.82) is 5.26 Å². The Morgan fingerprint density at radius 1 is 1.70 bits per heavy atom. The van der Waals surface area contributed by atoms with Gasteiger partial charge in [-0.25, -0.2) is 4.79 Å². The fourth-order valence-electron chi connectivity index (χ4n) is 1.98. The van der Waals surface area contributed by atoms with Crippen LogP contribution in [0.1, 0.15) is 18.2 Å². The smallest absolute Gasteiger partial charge is 0.330 e. The van der Waals surface area contributed by atoms with Crippen LogP contribution in [-0.2, 0) is 4.74 Å². The minimum atomic E-state index is -0.808. The molecule has 8 heteroatoms. The Morgan fingerprint density at radius 3 is 3.05 bits per heavy atom. The third-order valence-corrected chi connectivity index (χ3v) is 3.61. The van der Waals surface area contributed by atoms with Crippen LogP contribution >= 0.6 is 22.6 Å². The minimum Gasteiger partial charge on any atom is -0.390 e. The van der Waals surface area contributed by atoms with Gasteiger partial charge in [0.15, 0.2) is 0 Å². The zero-order chi connectivity index (χ0) is 14.9. The highest BCUT2D eigenvalue weighted by Crippen LogP contribution is 2.29. The van der Waals surface area contributed by atoms with E-state index in [-0.39, 0.29) is 6.42 Å². The SMILES string of the molecule is Cc1cn([C@H]2C[C@H](O)[C@@H](/C=C(/I)C#N)O2)c(=O)[nH]c1=O. The number of nitrogens with zero attached hydrogens (tertiary/aromatic N) is 2. The van der Waals surface area contributed by atoms with Gasteiger partial charge in [0.2, 0.25) is 0 Å². The largest absolute Gasteiger partial charge is 0.390 e. The predicted molar refractivity (Wildman–Crippen MR) is 78.3 cm³/mol. The molecular formula is C12H12IN3O4. The minimum absolute atomic E-state index is 0.210. The average Bonchev–Trinajstić information content (AvgIpc) is 2.75. The second-order valence-corrected chi connectivity index (χ2v) is 5.63. The molecule has 0 bridgehead atoms. The van der Waals surface area contributed by atoms with Crippen molar-refractivity contribution in [3.05, 3.63) is 42.3 Å². The molecule has 2 rings (SSSR count). The molecule has 1 aliphatic heterocycles. The summed E-state index contributed by atoms with van der Waals surface area (Å²) in [6, 6.07) is 1.94. The quantitative estimate of drug-likeness (QED) is 0.560. The van der Waals surface area contributed by atoms with Crippen molar-refractivity contribution < 1.29 is 9.84 Å². The zero-order valence-corrected chi connectivity index (χ0v) is 12.7. The molecule has 0 radical (unpaired) electrons. The normalized spacial score (nSPS) is 26.5. The molecule has 7 nitrogen and oxygen atoms in total. The Balaban J connectivity index is 2.30. The van der Waals surface area contributed by atoms with E-state index in [4.69, 9.17) is 10.00 Å². The van der Waals surface area contributed by atoms with Crippen molar-refractivity contribution in [2.24, 2.45) is 0 Å². The van der Waals surface area contributed by atoms with E-state index in [2.05, 4.69) is 4.98 Å². The van der Waals surface area contributed by atoms with Crippen LogP contribution in [0.3, 0.4) is 0 Å². The molecule has 1 aromatic rings. The summed E-state index contributed by atoms with van der Waals surface area (Å²) >= 11 is 1.84. The third-order valence-electron chi connectivity index (χ3n) is 3.01. The van der Waals surface area contributed by atoms with Crippen molar-refractivity contribution in [3.8, 4) is 6.07 Å². The Morgan fingerprint density at radius 2 is 2.40 bits per heavy atom. The van der Waals surface area contributed by atoms with Crippen LogP contribution in [0.15, 0.2) is 25.4 Å². The van der Waals surface area contributed by atoms with Gasteiger partial charge in [0.05, 0.1) is 9.68 Å². The molecule has 1 fully saturated rings.